The predicted octanol–water partition coefficient (Wildman–Crippen LogP) is 4.90. The molecule has 4 rings (SSSR count). The van der Waals surface area contributed by atoms with Crippen molar-refractivity contribution in [3.63, 3.8) is 0 Å². The highest BCUT2D eigenvalue weighted by molar-refractivity contribution is 7.89. The third-order valence-electron chi connectivity index (χ3n) is 5.53. The molecule has 1 aliphatic rings. The lowest BCUT2D eigenvalue weighted by Crippen LogP contribution is -2.42. The number of ether oxygens (including phenoxy) is 2. The Hall–Kier alpha value is -3.35. The smallest absolute Gasteiger partial charge is 0.416 e. The number of carbonyl (C=O) groups excluding carboxylic acids is 1. The molecule has 0 saturated carbocycles. The van der Waals surface area contributed by atoms with Crippen LogP contribution in [0.3, 0.4) is 0 Å². The van der Waals surface area contributed by atoms with Crippen molar-refractivity contribution in [3.05, 3.63) is 88.6 Å². The molecule has 0 aliphatic carbocycles. The summed E-state index contributed by atoms with van der Waals surface area (Å²) in [7, 11) is -4.44. The van der Waals surface area contributed by atoms with Crippen molar-refractivity contribution in [1.82, 2.24) is 9.21 Å². The molecule has 196 valence electrons. The lowest BCUT2D eigenvalue weighted by atomic mass is 10.2. The number of alkyl halides is 3. The summed E-state index contributed by atoms with van der Waals surface area (Å²) in [5.41, 5.74) is -0.356. The Morgan fingerprint density at radius 1 is 1.05 bits per heavy atom. The van der Waals surface area contributed by atoms with Gasteiger partial charge < -0.3 is 14.4 Å². The Bertz CT molecular complexity index is 1380. The molecule has 0 radical (unpaired) electrons. The Morgan fingerprint density at radius 2 is 1.84 bits per heavy atom. The molecule has 0 atom stereocenters. The third-order valence-corrected chi connectivity index (χ3v) is 8.20. The number of fused-ring (bicyclic) bond motifs is 1. The van der Waals surface area contributed by atoms with Crippen molar-refractivity contribution in [2.45, 2.75) is 24.2 Å². The highest BCUT2D eigenvalue weighted by atomic mass is 32.2. The first-order valence-electron chi connectivity index (χ1n) is 11.0. The van der Waals surface area contributed by atoms with Gasteiger partial charge in [-0.3, -0.25) is 4.79 Å². The summed E-state index contributed by atoms with van der Waals surface area (Å²) in [6.45, 7) is 3.17. The van der Waals surface area contributed by atoms with Crippen LogP contribution in [0.1, 0.15) is 16.0 Å². The van der Waals surface area contributed by atoms with E-state index in [0.717, 1.165) is 32.9 Å². The van der Waals surface area contributed by atoms with Crippen LogP contribution in [0, 0.1) is 0 Å². The number of nitrogens with zero attached hydrogens (tertiary/aromatic N) is 2. The van der Waals surface area contributed by atoms with Gasteiger partial charge in [0.15, 0.2) is 11.5 Å². The van der Waals surface area contributed by atoms with Crippen LogP contribution in [0.2, 0.25) is 0 Å². The topological polar surface area (TPSA) is 76.2 Å². The van der Waals surface area contributed by atoms with Gasteiger partial charge in [0.2, 0.25) is 22.7 Å². The average molecular weight is 553 g/mol. The second kappa shape index (κ2) is 11.0. The number of benzene rings is 2. The molecule has 2 heterocycles. The lowest BCUT2D eigenvalue weighted by Gasteiger charge is -2.27. The molecule has 0 spiro atoms. The fourth-order valence-electron chi connectivity index (χ4n) is 3.71. The molecule has 1 aliphatic heterocycles. The van der Waals surface area contributed by atoms with Crippen molar-refractivity contribution < 1.29 is 35.9 Å². The van der Waals surface area contributed by atoms with E-state index in [1.165, 1.54) is 22.3 Å². The van der Waals surface area contributed by atoms with Crippen LogP contribution >= 0.6 is 11.3 Å². The first kappa shape index (κ1) is 26.7. The molecule has 1 aromatic heterocycles. The van der Waals surface area contributed by atoms with E-state index in [0.29, 0.717) is 17.6 Å². The first-order valence-corrected chi connectivity index (χ1v) is 13.4. The summed E-state index contributed by atoms with van der Waals surface area (Å²) in [4.78, 5) is 15.3. The number of hydrogen-bond donors (Lipinski definition) is 0. The van der Waals surface area contributed by atoms with E-state index in [9.17, 15) is 26.4 Å². The van der Waals surface area contributed by atoms with E-state index in [2.05, 4.69) is 6.58 Å². The lowest BCUT2D eigenvalue weighted by molar-refractivity contribution is -0.137. The molecule has 2 aromatic carbocycles. The zero-order chi connectivity index (χ0) is 26.6. The molecular weight excluding hydrogens is 529 g/mol. The minimum Gasteiger partial charge on any atom is -0.454 e. The summed E-state index contributed by atoms with van der Waals surface area (Å²) < 4.78 is 77.7. The Balaban J connectivity index is 1.59. The molecule has 0 unspecified atom stereocenters. The maximum atomic E-state index is 13.5. The van der Waals surface area contributed by atoms with Gasteiger partial charge in [-0.25, -0.2) is 8.42 Å². The predicted molar refractivity (Wildman–Crippen MR) is 132 cm³/mol. The van der Waals surface area contributed by atoms with Crippen LogP contribution in [0.25, 0.3) is 0 Å². The maximum absolute atomic E-state index is 13.5. The molecule has 3 aromatic rings. The van der Waals surface area contributed by atoms with Gasteiger partial charge in [-0.05, 0) is 47.3 Å². The van der Waals surface area contributed by atoms with E-state index < -0.39 is 39.1 Å². The fraction of sp³-hybridized carbons (Fsp3) is 0.240. The van der Waals surface area contributed by atoms with Crippen molar-refractivity contribution >= 4 is 27.3 Å². The van der Waals surface area contributed by atoms with E-state index in [1.807, 2.05) is 17.5 Å². The van der Waals surface area contributed by atoms with Crippen molar-refractivity contribution in [1.29, 1.82) is 0 Å². The zero-order valence-corrected chi connectivity index (χ0v) is 21.1. The minimum atomic E-state index is -4.72. The molecule has 37 heavy (non-hydrogen) atoms. The summed E-state index contributed by atoms with van der Waals surface area (Å²) in [5, 5.41) is 1.86. The second-order valence-electron chi connectivity index (χ2n) is 8.13. The molecule has 12 heteroatoms. The number of amides is 1. The number of sulfonamides is 1. The minimum absolute atomic E-state index is 0.0978. The average Bonchev–Trinajstić information content (AvgIpc) is 3.54. The van der Waals surface area contributed by atoms with Crippen LogP contribution in [0.15, 0.2) is 77.5 Å². The van der Waals surface area contributed by atoms with Crippen molar-refractivity contribution in [2.75, 3.05) is 19.9 Å². The number of rotatable bonds is 10. The number of halogens is 3. The third kappa shape index (κ3) is 6.32. The van der Waals surface area contributed by atoms with Gasteiger partial charge in [-0.1, -0.05) is 24.3 Å². The van der Waals surface area contributed by atoms with E-state index in [1.54, 1.807) is 18.2 Å². The van der Waals surface area contributed by atoms with Crippen LogP contribution in [0.4, 0.5) is 13.2 Å². The maximum Gasteiger partial charge on any atom is 0.416 e. The van der Waals surface area contributed by atoms with Crippen LogP contribution in [0.5, 0.6) is 11.5 Å². The van der Waals surface area contributed by atoms with Crippen LogP contribution in [-0.2, 0) is 34.1 Å². The largest absolute Gasteiger partial charge is 0.454 e. The molecule has 0 fully saturated rings. The molecule has 7 nitrogen and oxygen atoms in total. The van der Waals surface area contributed by atoms with Gasteiger partial charge in [0, 0.05) is 18.0 Å². The van der Waals surface area contributed by atoms with Crippen molar-refractivity contribution in [3.8, 4) is 11.5 Å². The Morgan fingerprint density at radius 3 is 2.54 bits per heavy atom. The number of thiophene rings is 1. The van der Waals surface area contributed by atoms with Crippen molar-refractivity contribution in [2.24, 2.45) is 0 Å². The van der Waals surface area contributed by atoms with E-state index >= 15 is 0 Å². The molecule has 0 N–H and O–H groups in total. The summed E-state index contributed by atoms with van der Waals surface area (Å²) in [5.74, 6) is 0.606. The Kier molecular flexibility index (Phi) is 7.90. The number of carbonyl (C=O) groups is 1. The van der Waals surface area contributed by atoms with Gasteiger partial charge in [-0.2, -0.15) is 17.5 Å². The highest BCUT2D eigenvalue weighted by Gasteiger charge is 2.34. The van der Waals surface area contributed by atoms with Crippen LogP contribution in [-0.4, -0.2) is 43.4 Å². The van der Waals surface area contributed by atoms with Crippen LogP contribution < -0.4 is 9.47 Å². The standard InChI is InChI=1S/C25H23F3N2O5S2/c1-2-10-30(37(32,33)21-7-3-5-19(13-21)25(26,27)28)16-24(31)29(15-20-6-4-11-36-20)14-18-8-9-22-23(12-18)35-17-34-22/h2-9,11-13H,1,10,14-17H2. The molecular formula is C25H23F3N2O5S2. The molecule has 0 saturated heterocycles. The molecule has 1 amide bonds. The fourth-order valence-corrected chi connectivity index (χ4v) is 5.83. The summed E-state index contributed by atoms with van der Waals surface area (Å²) >= 11 is 1.44. The van der Waals surface area contributed by atoms with Gasteiger partial charge in [0.05, 0.1) is 23.5 Å². The van der Waals surface area contributed by atoms with E-state index in [4.69, 9.17) is 9.47 Å². The normalized spacial score (nSPS) is 13.1. The first-order chi connectivity index (χ1) is 17.6. The SMILES string of the molecule is C=CCN(CC(=O)N(Cc1ccc2c(c1)OCO2)Cc1cccs1)S(=O)(=O)c1cccc(C(F)(F)F)c1. The van der Waals surface area contributed by atoms with Gasteiger partial charge in [0.25, 0.3) is 0 Å². The monoisotopic (exact) mass is 552 g/mol. The van der Waals surface area contributed by atoms with E-state index in [-0.39, 0.29) is 26.4 Å². The summed E-state index contributed by atoms with van der Waals surface area (Å²) in [6, 6.07) is 12.4. The molecule has 0 bridgehead atoms. The second-order valence-corrected chi connectivity index (χ2v) is 11.1. The quantitative estimate of drug-likeness (QED) is 0.335. The highest BCUT2D eigenvalue weighted by Crippen LogP contribution is 2.33. The zero-order valence-electron chi connectivity index (χ0n) is 19.5. The van der Waals surface area contributed by atoms with Gasteiger partial charge in [-0.15, -0.1) is 17.9 Å². The summed E-state index contributed by atoms with van der Waals surface area (Å²) in [6.07, 6.45) is -3.44. The number of hydrogen-bond acceptors (Lipinski definition) is 6. The Labute approximate surface area is 216 Å². The van der Waals surface area contributed by atoms with Gasteiger partial charge in [0.1, 0.15) is 0 Å². The van der Waals surface area contributed by atoms with Gasteiger partial charge >= 0.3 is 6.18 Å².